The molecule has 2 aliphatic rings. The molecule has 2 heterocycles. The van der Waals surface area contributed by atoms with Crippen LogP contribution in [0.2, 0.25) is 0 Å². The Morgan fingerprint density at radius 1 is 1.26 bits per heavy atom. The summed E-state index contributed by atoms with van der Waals surface area (Å²) in [6.07, 6.45) is 3.60. The molecule has 1 aromatic carbocycles. The molecule has 4 nitrogen and oxygen atoms in total. The fraction of sp³-hybridized carbons (Fsp3) is 0.556. The van der Waals surface area contributed by atoms with E-state index in [1.54, 1.807) is 18.2 Å². The highest BCUT2D eigenvalue weighted by atomic mass is 32.2. The predicted octanol–water partition coefficient (Wildman–Crippen LogP) is 2.60. The SMILES string of the molecule is N#Cc1cccc(C(=O)N2CCCSCC2CN2CCCC2)c1. The van der Waals surface area contributed by atoms with Crippen LogP contribution in [0.15, 0.2) is 24.3 Å². The maximum absolute atomic E-state index is 13.0. The van der Waals surface area contributed by atoms with Gasteiger partial charge < -0.3 is 9.80 Å². The quantitative estimate of drug-likeness (QED) is 0.855. The molecule has 23 heavy (non-hydrogen) atoms. The van der Waals surface area contributed by atoms with Crippen molar-refractivity contribution in [2.45, 2.75) is 25.3 Å². The lowest BCUT2D eigenvalue weighted by Gasteiger charge is -2.32. The average Bonchev–Trinajstić information content (AvgIpc) is 2.99. The molecule has 1 atom stereocenters. The highest BCUT2D eigenvalue weighted by Gasteiger charge is 2.29. The molecule has 1 aromatic rings. The minimum atomic E-state index is 0.0776. The number of carbonyl (C=O) groups is 1. The first-order chi connectivity index (χ1) is 11.3. The van der Waals surface area contributed by atoms with Crippen LogP contribution in [-0.4, -0.2) is 59.4 Å². The van der Waals surface area contributed by atoms with E-state index >= 15 is 0 Å². The van der Waals surface area contributed by atoms with Gasteiger partial charge in [-0.15, -0.1) is 0 Å². The molecule has 2 fully saturated rings. The van der Waals surface area contributed by atoms with E-state index in [1.165, 1.54) is 12.8 Å². The van der Waals surface area contributed by atoms with Crippen LogP contribution in [0.1, 0.15) is 35.2 Å². The smallest absolute Gasteiger partial charge is 0.254 e. The maximum Gasteiger partial charge on any atom is 0.254 e. The van der Waals surface area contributed by atoms with Gasteiger partial charge in [0, 0.05) is 24.4 Å². The number of rotatable bonds is 3. The second-order valence-electron chi connectivity index (χ2n) is 6.28. The molecule has 0 N–H and O–H groups in total. The minimum Gasteiger partial charge on any atom is -0.334 e. The standard InChI is InChI=1S/C18H23N3OS/c19-12-15-5-3-6-16(11-15)18(22)21-9-4-10-23-14-17(21)13-20-7-1-2-8-20/h3,5-6,11,17H,1-2,4,7-10,13-14H2. The highest BCUT2D eigenvalue weighted by molar-refractivity contribution is 7.99. The average molecular weight is 329 g/mol. The first-order valence-electron chi connectivity index (χ1n) is 8.39. The monoisotopic (exact) mass is 329 g/mol. The number of hydrogen-bond acceptors (Lipinski definition) is 4. The van der Waals surface area contributed by atoms with E-state index in [9.17, 15) is 4.79 Å². The molecule has 0 aromatic heterocycles. The van der Waals surface area contributed by atoms with Crippen LogP contribution in [0.5, 0.6) is 0 Å². The molecule has 0 aliphatic carbocycles. The van der Waals surface area contributed by atoms with E-state index in [2.05, 4.69) is 15.9 Å². The van der Waals surface area contributed by atoms with Crippen LogP contribution in [0, 0.1) is 11.3 Å². The van der Waals surface area contributed by atoms with E-state index in [0.717, 1.165) is 44.1 Å². The number of hydrogen-bond donors (Lipinski definition) is 0. The fourth-order valence-electron chi connectivity index (χ4n) is 3.40. The van der Waals surface area contributed by atoms with Gasteiger partial charge in [-0.05, 0) is 56.3 Å². The summed E-state index contributed by atoms with van der Waals surface area (Å²) in [5.74, 6) is 2.22. The molecule has 1 unspecified atom stereocenters. The normalized spacial score (nSPS) is 22.6. The Hall–Kier alpha value is -1.51. The molecule has 3 rings (SSSR count). The Balaban J connectivity index is 1.77. The largest absolute Gasteiger partial charge is 0.334 e. The minimum absolute atomic E-state index is 0.0776. The lowest BCUT2D eigenvalue weighted by molar-refractivity contribution is 0.0666. The summed E-state index contributed by atoms with van der Waals surface area (Å²) in [5.41, 5.74) is 1.19. The zero-order chi connectivity index (χ0) is 16.1. The Morgan fingerprint density at radius 3 is 2.87 bits per heavy atom. The van der Waals surface area contributed by atoms with Gasteiger partial charge in [-0.2, -0.15) is 17.0 Å². The third-order valence-electron chi connectivity index (χ3n) is 4.61. The number of thioether (sulfide) groups is 1. The lowest BCUT2D eigenvalue weighted by atomic mass is 10.1. The summed E-state index contributed by atoms with van der Waals surface area (Å²) < 4.78 is 0. The second-order valence-corrected chi connectivity index (χ2v) is 7.43. The summed E-state index contributed by atoms with van der Waals surface area (Å²) in [4.78, 5) is 17.5. The van der Waals surface area contributed by atoms with E-state index in [0.29, 0.717) is 11.1 Å². The molecule has 1 amide bonds. The molecule has 2 aliphatic heterocycles. The zero-order valence-electron chi connectivity index (χ0n) is 13.4. The fourth-order valence-corrected chi connectivity index (χ4v) is 4.46. The molecule has 2 saturated heterocycles. The van der Waals surface area contributed by atoms with Crippen molar-refractivity contribution in [2.24, 2.45) is 0 Å². The van der Waals surface area contributed by atoms with Gasteiger partial charge in [0.1, 0.15) is 0 Å². The van der Waals surface area contributed by atoms with Crippen molar-refractivity contribution < 1.29 is 4.79 Å². The number of amides is 1. The first-order valence-corrected chi connectivity index (χ1v) is 9.54. The first kappa shape index (κ1) is 16.4. The number of benzene rings is 1. The van der Waals surface area contributed by atoms with Crippen LogP contribution in [0.3, 0.4) is 0 Å². The van der Waals surface area contributed by atoms with Crippen molar-refractivity contribution in [3.8, 4) is 6.07 Å². The topological polar surface area (TPSA) is 47.3 Å². The third kappa shape index (κ3) is 4.07. The summed E-state index contributed by atoms with van der Waals surface area (Å²) >= 11 is 1.96. The van der Waals surface area contributed by atoms with Crippen molar-refractivity contribution in [1.29, 1.82) is 5.26 Å². The predicted molar refractivity (Wildman–Crippen MR) is 93.6 cm³/mol. The number of nitrogens with zero attached hydrogens (tertiary/aromatic N) is 3. The van der Waals surface area contributed by atoms with E-state index in [-0.39, 0.29) is 11.9 Å². The van der Waals surface area contributed by atoms with Gasteiger partial charge in [0.25, 0.3) is 5.91 Å². The second kappa shape index (κ2) is 7.85. The van der Waals surface area contributed by atoms with Gasteiger partial charge in [0.05, 0.1) is 17.7 Å². The van der Waals surface area contributed by atoms with Crippen molar-refractivity contribution in [3.63, 3.8) is 0 Å². The third-order valence-corrected chi connectivity index (χ3v) is 5.80. The van der Waals surface area contributed by atoms with E-state index < -0.39 is 0 Å². The van der Waals surface area contributed by atoms with Crippen LogP contribution >= 0.6 is 11.8 Å². The molecule has 0 saturated carbocycles. The number of carbonyl (C=O) groups excluding carboxylic acids is 1. The van der Waals surface area contributed by atoms with E-state index in [1.807, 2.05) is 17.8 Å². The molecule has 5 heteroatoms. The van der Waals surface area contributed by atoms with Gasteiger partial charge in [0.15, 0.2) is 0 Å². The van der Waals surface area contributed by atoms with Crippen molar-refractivity contribution >= 4 is 17.7 Å². The molecular formula is C18H23N3OS. The van der Waals surface area contributed by atoms with Gasteiger partial charge in [0.2, 0.25) is 0 Å². The maximum atomic E-state index is 13.0. The van der Waals surface area contributed by atoms with Gasteiger partial charge in [-0.1, -0.05) is 6.07 Å². The summed E-state index contributed by atoms with van der Waals surface area (Å²) in [6, 6.07) is 9.49. The zero-order valence-corrected chi connectivity index (χ0v) is 14.2. The molecular weight excluding hydrogens is 306 g/mol. The number of likely N-dealkylation sites (tertiary alicyclic amines) is 1. The van der Waals surface area contributed by atoms with Crippen LogP contribution in [-0.2, 0) is 0 Å². The van der Waals surface area contributed by atoms with Crippen LogP contribution < -0.4 is 0 Å². The Labute approximate surface area is 142 Å². The Morgan fingerprint density at radius 2 is 2.09 bits per heavy atom. The van der Waals surface area contributed by atoms with Gasteiger partial charge in [-0.25, -0.2) is 0 Å². The summed E-state index contributed by atoms with van der Waals surface area (Å²) in [6.45, 7) is 4.12. The van der Waals surface area contributed by atoms with E-state index in [4.69, 9.17) is 5.26 Å². The van der Waals surface area contributed by atoms with Crippen molar-refractivity contribution in [3.05, 3.63) is 35.4 Å². The van der Waals surface area contributed by atoms with Crippen LogP contribution in [0.25, 0.3) is 0 Å². The summed E-state index contributed by atoms with van der Waals surface area (Å²) in [7, 11) is 0. The van der Waals surface area contributed by atoms with Gasteiger partial charge >= 0.3 is 0 Å². The summed E-state index contributed by atoms with van der Waals surface area (Å²) in [5, 5.41) is 9.06. The molecule has 0 bridgehead atoms. The van der Waals surface area contributed by atoms with Crippen molar-refractivity contribution in [1.82, 2.24) is 9.80 Å². The molecule has 122 valence electrons. The molecule has 0 radical (unpaired) electrons. The van der Waals surface area contributed by atoms with Crippen molar-refractivity contribution in [2.75, 3.05) is 37.7 Å². The number of nitriles is 1. The molecule has 0 spiro atoms. The Kier molecular flexibility index (Phi) is 5.58. The van der Waals surface area contributed by atoms with Gasteiger partial charge in [-0.3, -0.25) is 4.79 Å². The lowest BCUT2D eigenvalue weighted by Crippen LogP contribution is -2.47. The Bertz CT molecular complexity index is 592. The van der Waals surface area contributed by atoms with Crippen LogP contribution in [0.4, 0.5) is 0 Å². The highest BCUT2D eigenvalue weighted by Crippen LogP contribution is 2.21.